The molecule has 28 heavy (non-hydrogen) atoms. The van der Waals surface area contributed by atoms with Gasteiger partial charge in [-0.2, -0.15) is 0 Å². The van der Waals surface area contributed by atoms with Crippen LogP contribution < -0.4 is 5.32 Å². The predicted molar refractivity (Wildman–Crippen MR) is 112 cm³/mol. The molecule has 1 atom stereocenters. The summed E-state index contributed by atoms with van der Waals surface area (Å²) in [5.41, 5.74) is 3.71. The van der Waals surface area contributed by atoms with Crippen LogP contribution in [0.5, 0.6) is 0 Å². The molecule has 0 saturated carbocycles. The van der Waals surface area contributed by atoms with Crippen molar-refractivity contribution in [3.8, 4) is 11.3 Å². The van der Waals surface area contributed by atoms with Crippen molar-refractivity contribution in [2.24, 2.45) is 0 Å². The summed E-state index contributed by atoms with van der Waals surface area (Å²) in [4.78, 5) is 10.6. The second-order valence-electron chi connectivity index (χ2n) is 6.85. The molecule has 8 heteroatoms. The minimum atomic E-state index is -3.21. The van der Waals surface area contributed by atoms with Crippen LogP contribution in [0.2, 0.25) is 0 Å². The van der Waals surface area contributed by atoms with Gasteiger partial charge in [-0.3, -0.25) is 0 Å². The van der Waals surface area contributed by atoms with Gasteiger partial charge < -0.3 is 10.4 Å². The molecule has 1 aliphatic rings. The lowest BCUT2D eigenvalue weighted by molar-refractivity contribution is 0.274. The molecule has 0 bridgehead atoms. The van der Waals surface area contributed by atoms with Gasteiger partial charge >= 0.3 is 0 Å². The summed E-state index contributed by atoms with van der Waals surface area (Å²) in [6.45, 7) is 1.03. The number of benzene rings is 1. The zero-order valence-corrected chi connectivity index (χ0v) is 17.1. The Morgan fingerprint density at radius 1 is 1.18 bits per heavy atom. The van der Waals surface area contributed by atoms with Crippen molar-refractivity contribution in [3.05, 3.63) is 47.5 Å². The standard InChI is InChI=1S/C20H21N3O3S2/c1-28(25,26)16-4-2-13(3-5-16)17-6-7-18-20(22-17)27-19(23-18)14-8-10-21-15(12-14)9-11-24/h2-7,12,15,21,24H,8-11H2,1H3. The monoisotopic (exact) mass is 415 g/mol. The van der Waals surface area contributed by atoms with Crippen LogP contribution in [-0.2, 0) is 9.84 Å². The van der Waals surface area contributed by atoms with Crippen LogP contribution in [-0.4, -0.2) is 48.9 Å². The maximum atomic E-state index is 11.6. The molecule has 0 aliphatic carbocycles. The highest BCUT2D eigenvalue weighted by molar-refractivity contribution is 7.90. The summed E-state index contributed by atoms with van der Waals surface area (Å²) >= 11 is 1.56. The number of sulfone groups is 1. The van der Waals surface area contributed by atoms with Gasteiger partial charge in [0.1, 0.15) is 15.4 Å². The number of aromatic nitrogens is 2. The topological polar surface area (TPSA) is 92.2 Å². The van der Waals surface area contributed by atoms with Gasteiger partial charge in [0.05, 0.1) is 10.6 Å². The van der Waals surface area contributed by atoms with Crippen LogP contribution in [0, 0.1) is 0 Å². The molecule has 1 aromatic carbocycles. The molecule has 3 heterocycles. The largest absolute Gasteiger partial charge is 0.396 e. The number of nitrogens with one attached hydrogen (secondary N) is 1. The molecule has 0 amide bonds. The van der Waals surface area contributed by atoms with E-state index < -0.39 is 9.84 Å². The van der Waals surface area contributed by atoms with Crippen molar-refractivity contribution in [2.75, 3.05) is 19.4 Å². The van der Waals surface area contributed by atoms with Crippen LogP contribution in [0.1, 0.15) is 17.8 Å². The molecule has 0 spiro atoms. The van der Waals surface area contributed by atoms with Crippen LogP contribution >= 0.6 is 11.3 Å². The third-order valence-corrected chi connectivity index (χ3v) is 6.92. The minimum Gasteiger partial charge on any atom is -0.396 e. The third kappa shape index (κ3) is 4.00. The van der Waals surface area contributed by atoms with Gasteiger partial charge in [0.25, 0.3) is 0 Å². The van der Waals surface area contributed by atoms with E-state index in [1.54, 1.807) is 35.6 Å². The molecule has 2 aromatic heterocycles. The summed E-state index contributed by atoms with van der Waals surface area (Å²) < 4.78 is 23.3. The molecular weight excluding hydrogens is 394 g/mol. The second-order valence-corrected chi connectivity index (χ2v) is 9.84. The lowest BCUT2D eigenvalue weighted by Crippen LogP contribution is -2.32. The first kappa shape index (κ1) is 19.2. The third-order valence-electron chi connectivity index (χ3n) is 4.75. The maximum Gasteiger partial charge on any atom is 0.175 e. The number of nitrogens with zero attached hydrogens (tertiary/aromatic N) is 2. The van der Waals surface area contributed by atoms with Crippen molar-refractivity contribution in [3.63, 3.8) is 0 Å². The van der Waals surface area contributed by atoms with E-state index in [0.717, 1.165) is 39.6 Å². The van der Waals surface area contributed by atoms with Crippen LogP contribution in [0.15, 0.2) is 47.4 Å². The summed E-state index contributed by atoms with van der Waals surface area (Å²) in [6, 6.07) is 10.8. The molecule has 146 valence electrons. The van der Waals surface area contributed by atoms with Gasteiger partial charge in [0, 0.05) is 24.5 Å². The van der Waals surface area contributed by atoms with E-state index in [0.29, 0.717) is 11.3 Å². The summed E-state index contributed by atoms with van der Waals surface area (Å²) in [5.74, 6) is 0. The molecule has 0 radical (unpaired) electrons. The molecule has 1 aliphatic heterocycles. The number of pyridine rings is 1. The van der Waals surface area contributed by atoms with E-state index in [2.05, 4.69) is 11.4 Å². The zero-order valence-electron chi connectivity index (χ0n) is 15.4. The van der Waals surface area contributed by atoms with Gasteiger partial charge in [-0.05, 0) is 49.2 Å². The second kappa shape index (κ2) is 7.71. The molecule has 6 nitrogen and oxygen atoms in total. The fourth-order valence-electron chi connectivity index (χ4n) is 3.27. The highest BCUT2D eigenvalue weighted by Crippen LogP contribution is 2.31. The van der Waals surface area contributed by atoms with E-state index in [9.17, 15) is 8.42 Å². The Kier molecular flexibility index (Phi) is 5.29. The van der Waals surface area contributed by atoms with E-state index in [1.807, 2.05) is 12.1 Å². The number of hydrogen-bond donors (Lipinski definition) is 2. The fraction of sp³-hybridized carbons (Fsp3) is 0.300. The van der Waals surface area contributed by atoms with Gasteiger partial charge in [-0.1, -0.05) is 29.5 Å². The summed E-state index contributed by atoms with van der Waals surface area (Å²) in [5, 5.41) is 13.5. The first-order valence-corrected chi connectivity index (χ1v) is 11.8. The molecule has 0 fully saturated rings. The SMILES string of the molecule is CS(=O)(=O)c1ccc(-c2ccc3nc(C4=CC(CCO)NCC4)sc3n2)cc1. The van der Waals surface area contributed by atoms with Crippen molar-refractivity contribution in [1.29, 1.82) is 0 Å². The normalized spacial score (nSPS) is 17.6. The Bertz CT molecular complexity index is 1140. The number of rotatable bonds is 5. The fourth-order valence-corrected chi connectivity index (χ4v) is 4.89. The lowest BCUT2D eigenvalue weighted by atomic mass is 10.0. The molecule has 0 saturated heterocycles. The number of aliphatic hydroxyl groups excluding tert-OH is 1. The Labute approximate surface area is 167 Å². The summed E-state index contributed by atoms with van der Waals surface area (Å²) in [6.07, 6.45) is 4.95. The first-order chi connectivity index (χ1) is 13.4. The lowest BCUT2D eigenvalue weighted by Gasteiger charge is -2.21. The van der Waals surface area contributed by atoms with E-state index in [1.165, 1.54) is 11.8 Å². The predicted octanol–water partition coefficient (Wildman–Crippen LogP) is 2.89. The minimum absolute atomic E-state index is 0.157. The number of aliphatic hydroxyl groups is 1. The van der Waals surface area contributed by atoms with Crippen LogP contribution in [0.4, 0.5) is 0 Å². The number of thiazole rings is 1. The molecule has 2 N–H and O–H groups in total. The molecule has 1 unspecified atom stereocenters. The Morgan fingerprint density at radius 2 is 1.96 bits per heavy atom. The smallest absolute Gasteiger partial charge is 0.175 e. The molecule has 4 rings (SSSR count). The highest BCUT2D eigenvalue weighted by atomic mass is 32.2. The number of fused-ring (bicyclic) bond motifs is 1. The van der Waals surface area contributed by atoms with Gasteiger partial charge in [-0.15, -0.1) is 0 Å². The Morgan fingerprint density at radius 3 is 2.68 bits per heavy atom. The van der Waals surface area contributed by atoms with Crippen molar-refractivity contribution in [2.45, 2.75) is 23.8 Å². The average Bonchev–Trinajstić information content (AvgIpc) is 3.11. The zero-order chi connectivity index (χ0) is 19.7. The molecular formula is C20H21N3O3S2. The summed E-state index contributed by atoms with van der Waals surface area (Å²) in [7, 11) is -3.21. The highest BCUT2D eigenvalue weighted by Gasteiger charge is 2.17. The van der Waals surface area contributed by atoms with Gasteiger partial charge in [0.2, 0.25) is 0 Å². The van der Waals surface area contributed by atoms with E-state index in [-0.39, 0.29) is 12.6 Å². The van der Waals surface area contributed by atoms with Crippen molar-refractivity contribution < 1.29 is 13.5 Å². The van der Waals surface area contributed by atoms with Crippen LogP contribution in [0.3, 0.4) is 0 Å². The molecule has 3 aromatic rings. The number of hydrogen-bond acceptors (Lipinski definition) is 7. The van der Waals surface area contributed by atoms with Crippen molar-refractivity contribution in [1.82, 2.24) is 15.3 Å². The maximum absolute atomic E-state index is 11.6. The quantitative estimate of drug-likeness (QED) is 0.666. The van der Waals surface area contributed by atoms with E-state index >= 15 is 0 Å². The van der Waals surface area contributed by atoms with Crippen molar-refractivity contribution >= 4 is 37.1 Å². The van der Waals surface area contributed by atoms with Crippen LogP contribution in [0.25, 0.3) is 27.2 Å². The van der Waals surface area contributed by atoms with Gasteiger partial charge in [0.15, 0.2) is 9.84 Å². The Balaban J connectivity index is 1.65. The van der Waals surface area contributed by atoms with Gasteiger partial charge in [-0.25, -0.2) is 18.4 Å². The Hall–Kier alpha value is -2.13. The first-order valence-electron chi connectivity index (χ1n) is 9.07. The average molecular weight is 416 g/mol. The van der Waals surface area contributed by atoms with E-state index in [4.69, 9.17) is 15.1 Å².